The lowest BCUT2D eigenvalue weighted by Crippen LogP contribution is -2.27. The molecule has 2 atom stereocenters. The Kier molecular flexibility index (Phi) is 4.20. The molecule has 0 bridgehead atoms. The van der Waals surface area contributed by atoms with Gasteiger partial charge in [0.1, 0.15) is 5.75 Å². The second-order valence-corrected chi connectivity index (χ2v) is 3.55. The maximum absolute atomic E-state index is 5.32. The molecule has 0 spiro atoms. The first-order valence-corrected chi connectivity index (χ1v) is 5.03. The molecular weight excluding hydrogens is 186 g/mol. The number of terminal acetylenes is 1. The van der Waals surface area contributed by atoms with Crippen LogP contribution >= 0.6 is 0 Å². The van der Waals surface area contributed by atoms with E-state index in [4.69, 9.17) is 11.2 Å². The van der Waals surface area contributed by atoms with Crippen LogP contribution in [0.2, 0.25) is 0 Å². The van der Waals surface area contributed by atoms with Crippen molar-refractivity contribution in [1.82, 2.24) is 5.32 Å². The van der Waals surface area contributed by atoms with Gasteiger partial charge >= 0.3 is 0 Å². The molecule has 0 aliphatic carbocycles. The van der Waals surface area contributed by atoms with Gasteiger partial charge in [0, 0.05) is 6.04 Å². The fraction of sp³-hybridized carbons (Fsp3) is 0.385. The van der Waals surface area contributed by atoms with E-state index in [1.54, 1.807) is 7.11 Å². The van der Waals surface area contributed by atoms with E-state index in [0.29, 0.717) is 0 Å². The first kappa shape index (κ1) is 11.6. The molecule has 2 heteroatoms. The van der Waals surface area contributed by atoms with Crippen molar-refractivity contribution in [3.05, 3.63) is 29.8 Å². The molecule has 1 unspecified atom stereocenters. The number of methoxy groups -OCH3 is 1. The van der Waals surface area contributed by atoms with Crippen LogP contribution in [0.5, 0.6) is 5.75 Å². The third-order valence-electron chi connectivity index (χ3n) is 2.34. The number of rotatable bonds is 4. The highest BCUT2D eigenvalue weighted by Gasteiger charge is 2.07. The molecule has 0 fully saturated rings. The van der Waals surface area contributed by atoms with Crippen molar-refractivity contribution in [1.29, 1.82) is 0 Å². The Morgan fingerprint density at radius 3 is 2.73 bits per heavy atom. The van der Waals surface area contributed by atoms with Crippen LogP contribution in [0.15, 0.2) is 24.3 Å². The van der Waals surface area contributed by atoms with Crippen LogP contribution < -0.4 is 10.1 Å². The zero-order chi connectivity index (χ0) is 11.3. The third-order valence-corrected chi connectivity index (χ3v) is 2.34. The lowest BCUT2D eigenvalue weighted by Gasteiger charge is -2.17. The quantitative estimate of drug-likeness (QED) is 0.758. The molecule has 1 rings (SSSR count). The van der Waals surface area contributed by atoms with Crippen molar-refractivity contribution in [3.63, 3.8) is 0 Å². The van der Waals surface area contributed by atoms with E-state index in [1.807, 2.05) is 25.1 Å². The predicted octanol–water partition coefficient (Wildman–Crippen LogP) is 2.37. The average molecular weight is 203 g/mol. The van der Waals surface area contributed by atoms with Gasteiger partial charge < -0.3 is 4.74 Å². The molecule has 1 aromatic carbocycles. The van der Waals surface area contributed by atoms with E-state index in [0.717, 1.165) is 5.75 Å². The van der Waals surface area contributed by atoms with Crippen LogP contribution in [-0.4, -0.2) is 13.2 Å². The van der Waals surface area contributed by atoms with E-state index >= 15 is 0 Å². The Labute approximate surface area is 91.6 Å². The zero-order valence-corrected chi connectivity index (χ0v) is 9.45. The summed E-state index contributed by atoms with van der Waals surface area (Å²) in [6, 6.07) is 8.29. The molecular formula is C13H17NO. The summed E-state index contributed by atoms with van der Waals surface area (Å²) in [6.45, 7) is 4.05. The Hall–Kier alpha value is -1.46. The van der Waals surface area contributed by atoms with Gasteiger partial charge in [-0.15, -0.1) is 6.42 Å². The first-order valence-electron chi connectivity index (χ1n) is 5.03. The van der Waals surface area contributed by atoms with Crippen LogP contribution in [0.25, 0.3) is 0 Å². The summed E-state index contributed by atoms with van der Waals surface area (Å²) in [5.74, 6) is 3.52. The maximum Gasteiger partial charge on any atom is 0.119 e. The molecule has 0 aromatic heterocycles. The molecule has 1 aromatic rings. The smallest absolute Gasteiger partial charge is 0.119 e. The molecule has 80 valence electrons. The van der Waals surface area contributed by atoms with Crippen molar-refractivity contribution in [2.75, 3.05) is 7.11 Å². The topological polar surface area (TPSA) is 21.3 Å². The maximum atomic E-state index is 5.32. The summed E-state index contributed by atoms with van der Waals surface area (Å²) in [4.78, 5) is 0. The molecule has 1 N–H and O–H groups in total. The average Bonchev–Trinajstić information content (AvgIpc) is 2.28. The van der Waals surface area contributed by atoms with Gasteiger partial charge in [0.25, 0.3) is 0 Å². The minimum absolute atomic E-state index is 0.0752. The molecule has 0 amide bonds. The van der Waals surface area contributed by atoms with E-state index < -0.39 is 0 Å². The van der Waals surface area contributed by atoms with Gasteiger partial charge in [-0.25, -0.2) is 0 Å². The molecule has 0 saturated heterocycles. The summed E-state index contributed by atoms with van der Waals surface area (Å²) in [6.07, 6.45) is 5.32. The number of nitrogens with one attached hydrogen (secondary N) is 1. The van der Waals surface area contributed by atoms with E-state index in [1.165, 1.54) is 5.56 Å². The standard InChI is InChI=1S/C13H17NO/c1-5-10(2)14-11(3)12-7-6-8-13(9-12)15-4/h1,6-11,14H,2-4H3/t10?,11-/m1/s1. The minimum Gasteiger partial charge on any atom is -0.497 e. The monoisotopic (exact) mass is 203 g/mol. The highest BCUT2D eigenvalue weighted by molar-refractivity contribution is 5.30. The molecule has 15 heavy (non-hydrogen) atoms. The van der Waals surface area contributed by atoms with Crippen molar-refractivity contribution in [2.45, 2.75) is 25.9 Å². The SMILES string of the molecule is C#CC(C)N[C@H](C)c1cccc(OC)c1. The Morgan fingerprint density at radius 1 is 1.40 bits per heavy atom. The fourth-order valence-electron chi connectivity index (χ4n) is 1.43. The first-order chi connectivity index (χ1) is 7.17. The van der Waals surface area contributed by atoms with Crippen molar-refractivity contribution < 1.29 is 4.74 Å². The van der Waals surface area contributed by atoms with Gasteiger partial charge in [-0.1, -0.05) is 18.1 Å². The van der Waals surface area contributed by atoms with Gasteiger partial charge in [-0.3, -0.25) is 5.32 Å². The lowest BCUT2D eigenvalue weighted by molar-refractivity contribution is 0.413. The van der Waals surface area contributed by atoms with E-state index in [2.05, 4.69) is 24.2 Å². The van der Waals surface area contributed by atoms with Crippen molar-refractivity contribution in [2.24, 2.45) is 0 Å². The summed E-state index contributed by atoms with van der Waals surface area (Å²) >= 11 is 0. The summed E-state index contributed by atoms with van der Waals surface area (Å²) < 4.78 is 5.17. The van der Waals surface area contributed by atoms with E-state index in [9.17, 15) is 0 Å². The molecule has 0 aliphatic rings. The Morgan fingerprint density at radius 2 is 2.13 bits per heavy atom. The summed E-state index contributed by atoms with van der Waals surface area (Å²) in [5.41, 5.74) is 1.18. The Balaban J connectivity index is 2.73. The summed E-state index contributed by atoms with van der Waals surface area (Å²) in [7, 11) is 1.67. The van der Waals surface area contributed by atoms with Crippen LogP contribution in [0.3, 0.4) is 0 Å². The molecule has 0 aliphatic heterocycles. The highest BCUT2D eigenvalue weighted by atomic mass is 16.5. The number of hydrogen-bond donors (Lipinski definition) is 1. The predicted molar refractivity (Wildman–Crippen MR) is 62.8 cm³/mol. The van der Waals surface area contributed by atoms with Gasteiger partial charge in [-0.05, 0) is 31.5 Å². The highest BCUT2D eigenvalue weighted by Crippen LogP contribution is 2.18. The fourth-order valence-corrected chi connectivity index (χ4v) is 1.43. The normalized spacial score (nSPS) is 14.0. The van der Waals surface area contributed by atoms with Crippen LogP contribution in [0.4, 0.5) is 0 Å². The number of hydrogen-bond acceptors (Lipinski definition) is 2. The molecule has 2 nitrogen and oxygen atoms in total. The third kappa shape index (κ3) is 3.30. The van der Waals surface area contributed by atoms with Gasteiger partial charge in [0.05, 0.1) is 13.2 Å². The van der Waals surface area contributed by atoms with Crippen molar-refractivity contribution >= 4 is 0 Å². The van der Waals surface area contributed by atoms with E-state index in [-0.39, 0.29) is 12.1 Å². The minimum atomic E-state index is 0.0752. The van der Waals surface area contributed by atoms with Gasteiger partial charge in [-0.2, -0.15) is 0 Å². The largest absolute Gasteiger partial charge is 0.497 e. The molecule has 0 saturated carbocycles. The molecule has 0 radical (unpaired) electrons. The second kappa shape index (κ2) is 5.43. The number of ether oxygens (including phenoxy) is 1. The molecule has 0 heterocycles. The van der Waals surface area contributed by atoms with Gasteiger partial charge in [0.15, 0.2) is 0 Å². The zero-order valence-electron chi connectivity index (χ0n) is 9.45. The Bertz CT molecular complexity index is 354. The van der Waals surface area contributed by atoms with Crippen molar-refractivity contribution in [3.8, 4) is 18.1 Å². The van der Waals surface area contributed by atoms with Crippen LogP contribution in [-0.2, 0) is 0 Å². The second-order valence-electron chi connectivity index (χ2n) is 3.55. The van der Waals surface area contributed by atoms with Gasteiger partial charge in [0.2, 0.25) is 0 Å². The summed E-state index contributed by atoms with van der Waals surface area (Å²) in [5, 5.41) is 3.31. The van der Waals surface area contributed by atoms with Crippen LogP contribution in [0.1, 0.15) is 25.5 Å². The lowest BCUT2D eigenvalue weighted by atomic mass is 10.1. The van der Waals surface area contributed by atoms with Crippen LogP contribution in [0, 0.1) is 12.3 Å². The number of benzene rings is 1.